The molecule has 1 aliphatic heterocycles. The number of pyridine rings is 1. The average Bonchev–Trinajstić information content (AvgIpc) is 2.94. The zero-order chi connectivity index (χ0) is 13.2. The Kier molecular flexibility index (Phi) is 3.06. The smallest absolute Gasteiger partial charge is 0.148 e. The summed E-state index contributed by atoms with van der Waals surface area (Å²) in [5.74, 6) is 0. The highest BCUT2D eigenvalue weighted by atomic mass is 16.3. The first-order chi connectivity index (χ1) is 9.33. The lowest BCUT2D eigenvalue weighted by Gasteiger charge is -2.25. The first-order valence-electron chi connectivity index (χ1n) is 6.50. The van der Waals surface area contributed by atoms with Crippen LogP contribution in [0.4, 0.5) is 5.69 Å². The summed E-state index contributed by atoms with van der Waals surface area (Å²) in [4.78, 5) is 6.31. The third-order valence-corrected chi connectivity index (χ3v) is 3.77. The van der Waals surface area contributed by atoms with E-state index in [9.17, 15) is 5.11 Å². The van der Waals surface area contributed by atoms with Crippen molar-refractivity contribution in [1.82, 2.24) is 4.98 Å². The second kappa shape index (κ2) is 4.87. The van der Waals surface area contributed by atoms with Gasteiger partial charge in [0.1, 0.15) is 11.8 Å². The summed E-state index contributed by atoms with van der Waals surface area (Å²) in [5.41, 5.74) is 1.57. The van der Waals surface area contributed by atoms with Crippen LogP contribution >= 0.6 is 0 Å². The van der Waals surface area contributed by atoms with Gasteiger partial charge in [0.2, 0.25) is 0 Å². The number of hydrogen-bond acceptors (Lipinski definition) is 4. The van der Waals surface area contributed by atoms with E-state index >= 15 is 0 Å². The summed E-state index contributed by atoms with van der Waals surface area (Å²) in [6.07, 6.45) is 3.82. The minimum Gasteiger partial charge on any atom is -0.394 e. The van der Waals surface area contributed by atoms with Crippen molar-refractivity contribution in [2.45, 2.75) is 18.9 Å². The van der Waals surface area contributed by atoms with Crippen LogP contribution in [0.3, 0.4) is 0 Å². The van der Waals surface area contributed by atoms with Gasteiger partial charge in [0.15, 0.2) is 0 Å². The van der Waals surface area contributed by atoms with Crippen molar-refractivity contribution in [2.75, 3.05) is 18.1 Å². The fraction of sp³-hybridized carbons (Fsp3) is 0.333. The third-order valence-electron chi connectivity index (χ3n) is 3.77. The van der Waals surface area contributed by atoms with Crippen molar-refractivity contribution in [3.05, 3.63) is 36.2 Å². The lowest BCUT2D eigenvalue weighted by Crippen LogP contribution is -2.31. The van der Waals surface area contributed by atoms with Crippen molar-refractivity contribution in [3.8, 4) is 6.07 Å². The average molecular weight is 253 g/mol. The van der Waals surface area contributed by atoms with Gasteiger partial charge in [0, 0.05) is 23.8 Å². The van der Waals surface area contributed by atoms with E-state index in [-0.39, 0.29) is 12.6 Å². The molecule has 2 aromatic rings. The van der Waals surface area contributed by atoms with Gasteiger partial charge in [-0.2, -0.15) is 5.26 Å². The molecule has 1 N–H and O–H groups in total. The van der Waals surface area contributed by atoms with Gasteiger partial charge in [0.05, 0.1) is 12.6 Å². The molecule has 0 bridgehead atoms. The minimum atomic E-state index is 0.192. The molecule has 96 valence electrons. The highest BCUT2D eigenvalue weighted by Gasteiger charge is 2.24. The van der Waals surface area contributed by atoms with Crippen molar-refractivity contribution in [1.29, 1.82) is 5.26 Å². The van der Waals surface area contributed by atoms with Crippen LogP contribution in [0.2, 0.25) is 0 Å². The molecule has 2 heterocycles. The number of fused-ring (bicyclic) bond motifs is 1. The Morgan fingerprint density at radius 3 is 3.11 bits per heavy atom. The lowest BCUT2D eigenvalue weighted by atomic mass is 10.1. The van der Waals surface area contributed by atoms with E-state index in [4.69, 9.17) is 5.26 Å². The standard InChI is InChI=1S/C15H15N3O/c16-9-15-14-4-3-12(8-11(14)5-6-17-15)18-7-1-2-13(18)10-19/h3-6,8,13,19H,1-2,7,10H2. The summed E-state index contributed by atoms with van der Waals surface area (Å²) in [5, 5.41) is 20.3. The number of aliphatic hydroxyl groups excluding tert-OH is 1. The van der Waals surface area contributed by atoms with Crippen LogP contribution in [0.1, 0.15) is 18.5 Å². The molecule has 1 saturated heterocycles. The van der Waals surface area contributed by atoms with Crippen molar-refractivity contribution in [3.63, 3.8) is 0 Å². The number of aliphatic hydroxyl groups is 1. The predicted molar refractivity (Wildman–Crippen MR) is 73.9 cm³/mol. The molecule has 1 aromatic carbocycles. The molecule has 0 amide bonds. The van der Waals surface area contributed by atoms with Crippen LogP contribution < -0.4 is 4.90 Å². The van der Waals surface area contributed by atoms with Crippen LogP contribution in [-0.4, -0.2) is 29.3 Å². The predicted octanol–water partition coefficient (Wildman–Crippen LogP) is 2.07. The number of rotatable bonds is 2. The molecule has 0 aliphatic carbocycles. The van der Waals surface area contributed by atoms with Crippen LogP contribution in [0.15, 0.2) is 30.5 Å². The molecule has 1 atom stereocenters. The fourth-order valence-corrected chi connectivity index (χ4v) is 2.80. The van der Waals surface area contributed by atoms with Gasteiger partial charge in [-0.15, -0.1) is 0 Å². The monoisotopic (exact) mass is 253 g/mol. The second-order valence-corrected chi connectivity index (χ2v) is 4.85. The first-order valence-corrected chi connectivity index (χ1v) is 6.50. The third kappa shape index (κ3) is 2.02. The molecule has 1 aliphatic rings. The maximum absolute atomic E-state index is 9.40. The number of benzene rings is 1. The van der Waals surface area contributed by atoms with Gasteiger partial charge in [-0.05, 0) is 42.5 Å². The highest BCUT2D eigenvalue weighted by Crippen LogP contribution is 2.29. The number of nitriles is 1. The Morgan fingerprint density at radius 1 is 1.42 bits per heavy atom. The van der Waals surface area contributed by atoms with Gasteiger partial charge in [0.25, 0.3) is 0 Å². The number of anilines is 1. The molecule has 0 spiro atoms. The molecule has 0 radical (unpaired) electrons. The minimum absolute atomic E-state index is 0.192. The summed E-state index contributed by atoms with van der Waals surface area (Å²) >= 11 is 0. The Hall–Kier alpha value is -2.12. The summed E-state index contributed by atoms with van der Waals surface area (Å²) < 4.78 is 0. The van der Waals surface area contributed by atoms with E-state index < -0.39 is 0 Å². The van der Waals surface area contributed by atoms with E-state index in [1.807, 2.05) is 18.2 Å². The van der Waals surface area contributed by atoms with Crippen LogP contribution in [0.25, 0.3) is 10.8 Å². The largest absolute Gasteiger partial charge is 0.394 e. The Morgan fingerprint density at radius 2 is 2.32 bits per heavy atom. The van der Waals surface area contributed by atoms with E-state index in [0.717, 1.165) is 35.8 Å². The molecular formula is C15H15N3O. The second-order valence-electron chi connectivity index (χ2n) is 4.85. The molecule has 1 fully saturated rings. The maximum Gasteiger partial charge on any atom is 0.148 e. The summed E-state index contributed by atoms with van der Waals surface area (Å²) in [6, 6.07) is 10.3. The van der Waals surface area contributed by atoms with Gasteiger partial charge < -0.3 is 10.0 Å². The van der Waals surface area contributed by atoms with Crippen molar-refractivity contribution < 1.29 is 5.11 Å². The van der Waals surface area contributed by atoms with E-state index in [2.05, 4.69) is 22.0 Å². The highest BCUT2D eigenvalue weighted by molar-refractivity contribution is 5.89. The van der Waals surface area contributed by atoms with Crippen LogP contribution in [0, 0.1) is 11.3 Å². The topological polar surface area (TPSA) is 60.2 Å². The zero-order valence-electron chi connectivity index (χ0n) is 10.6. The zero-order valence-corrected chi connectivity index (χ0v) is 10.6. The van der Waals surface area contributed by atoms with Gasteiger partial charge in [-0.25, -0.2) is 4.98 Å². The Balaban J connectivity index is 2.05. The molecule has 4 heteroatoms. The van der Waals surface area contributed by atoms with Crippen molar-refractivity contribution >= 4 is 16.5 Å². The Labute approximate surface area is 111 Å². The van der Waals surface area contributed by atoms with Crippen molar-refractivity contribution in [2.24, 2.45) is 0 Å². The molecule has 3 rings (SSSR count). The summed E-state index contributed by atoms with van der Waals surface area (Å²) in [7, 11) is 0. The molecule has 19 heavy (non-hydrogen) atoms. The number of nitrogens with zero attached hydrogens (tertiary/aromatic N) is 3. The molecule has 4 nitrogen and oxygen atoms in total. The van der Waals surface area contributed by atoms with Crippen LogP contribution in [-0.2, 0) is 0 Å². The normalized spacial score (nSPS) is 18.7. The van der Waals surface area contributed by atoms with E-state index in [1.165, 1.54) is 0 Å². The van der Waals surface area contributed by atoms with Gasteiger partial charge >= 0.3 is 0 Å². The molecule has 1 unspecified atom stereocenters. The number of aromatic nitrogens is 1. The van der Waals surface area contributed by atoms with E-state index in [0.29, 0.717) is 5.69 Å². The SMILES string of the molecule is N#Cc1nccc2cc(N3CCCC3CO)ccc12. The summed E-state index contributed by atoms with van der Waals surface area (Å²) in [6.45, 7) is 1.17. The van der Waals surface area contributed by atoms with Gasteiger partial charge in [-0.3, -0.25) is 0 Å². The Bertz CT molecular complexity index is 647. The maximum atomic E-state index is 9.40. The first kappa shape index (κ1) is 11.9. The van der Waals surface area contributed by atoms with Crippen LogP contribution in [0.5, 0.6) is 0 Å². The fourth-order valence-electron chi connectivity index (χ4n) is 2.80. The van der Waals surface area contributed by atoms with Gasteiger partial charge in [-0.1, -0.05) is 0 Å². The molecule has 0 saturated carbocycles. The quantitative estimate of drug-likeness (QED) is 0.890. The number of hydrogen-bond donors (Lipinski definition) is 1. The molecular weight excluding hydrogens is 238 g/mol. The van der Waals surface area contributed by atoms with E-state index in [1.54, 1.807) is 6.20 Å². The molecule has 1 aromatic heterocycles. The lowest BCUT2D eigenvalue weighted by molar-refractivity contribution is 0.266.